The van der Waals surface area contributed by atoms with Crippen molar-refractivity contribution in [1.29, 1.82) is 0 Å². The Bertz CT molecular complexity index is 1190. The van der Waals surface area contributed by atoms with Gasteiger partial charge in [0.15, 0.2) is 0 Å². The maximum Gasteiger partial charge on any atom is 0.412 e. The molecular weight excluding hydrogens is 460 g/mol. The molecular formula is C28H29N2O6-. The van der Waals surface area contributed by atoms with Crippen LogP contribution in [0.2, 0.25) is 0 Å². The van der Waals surface area contributed by atoms with Crippen molar-refractivity contribution < 1.29 is 29.0 Å². The number of carboxylic acid groups (broad SMARTS) is 1. The van der Waals surface area contributed by atoms with Crippen LogP contribution in [0.25, 0.3) is 0 Å². The lowest BCUT2D eigenvalue weighted by Crippen LogP contribution is -2.34. The van der Waals surface area contributed by atoms with Gasteiger partial charge in [0.1, 0.15) is 18.0 Å². The fourth-order valence-electron chi connectivity index (χ4n) is 3.39. The molecule has 3 aromatic rings. The van der Waals surface area contributed by atoms with Gasteiger partial charge in [0, 0.05) is 29.7 Å². The molecule has 0 aliphatic heterocycles. The minimum absolute atomic E-state index is 0.172. The number of hydrogen-bond acceptors (Lipinski definition) is 6. The van der Waals surface area contributed by atoms with E-state index in [1.54, 1.807) is 57.2 Å². The summed E-state index contributed by atoms with van der Waals surface area (Å²) in [6.07, 6.45) is -1.09. The molecule has 1 atom stereocenters. The van der Waals surface area contributed by atoms with Crippen molar-refractivity contribution in [2.24, 2.45) is 0 Å². The molecule has 0 saturated heterocycles. The predicted octanol–water partition coefficient (Wildman–Crippen LogP) is 4.22. The summed E-state index contributed by atoms with van der Waals surface area (Å²) in [6, 6.07) is 22.0. The molecule has 2 N–H and O–H groups in total. The highest BCUT2D eigenvalue weighted by molar-refractivity contribution is 5.97. The van der Waals surface area contributed by atoms with Gasteiger partial charge < -0.3 is 24.7 Å². The fourth-order valence-corrected chi connectivity index (χ4v) is 3.39. The third-order valence-corrected chi connectivity index (χ3v) is 4.94. The number of carboxylic acids is 1. The summed E-state index contributed by atoms with van der Waals surface area (Å²) in [5.74, 6) is -1.49. The number of aliphatic carboxylic acids is 1. The van der Waals surface area contributed by atoms with Gasteiger partial charge >= 0.3 is 6.09 Å². The second-order valence-corrected chi connectivity index (χ2v) is 9.16. The number of carbonyl (C=O) groups is 3. The Hall–Kier alpha value is -4.33. The van der Waals surface area contributed by atoms with E-state index in [0.717, 1.165) is 5.56 Å². The number of nitrogens with one attached hydrogen (secondary N) is 2. The van der Waals surface area contributed by atoms with Crippen molar-refractivity contribution in [1.82, 2.24) is 5.32 Å². The summed E-state index contributed by atoms with van der Waals surface area (Å²) < 4.78 is 11.2. The van der Waals surface area contributed by atoms with Gasteiger partial charge in [0.2, 0.25) is 0 Å². The van der Waals surface area contributed by atoms with Gasteiger partial charge in [-0.1, -0.05) is 60.7 Å². The van der Waals surface area contributed by atoms with Crippen LogP contribution in [0.4, 0.5) is 10.5 Å². The lowest BCUT2D eigenvalue weighted by atomic mass is 10.0. The SMILES string of the molecule is CC(C)(C)OC(=O)Nc1cc(OCc2ccccc2)cc(C(=O)NC(CC(=O)[O-])c2ccccc2)c1. The first-order valence-corrected chi connectivity index (χ1v) is 11.5. The van der Waals surface area contributed by atoms with Gasteiger partial charge in [0.25, 0.3) is 5.91 Å². The normalized spacial score (nSPS) is 11.8. The highest BCUT2D eigenvalue weighted by atomic mass is 16.6. The van der Waals surface area contributed by atoms with Crippen LogP contribution in [-0.4, -0.2) is 23.6 Å². The van der Waals surface area contributed by atoms with E-state index in [-0.39, 0.29) is 17.9 Å². The van der Waals surface area contributed by atoms with Crippen molar-refractivity contribution in [3.63, 3.8) is 0 Å². The van der Waals surface area contributed by atoms with Crippen LogP contribution in [-0.2, 0) is 16.1 Å². The molecule has 0 radical (unpaired) electrons. The molecule has 0 bridgehead atoms. The number of amides is 2. The number of carbonyl (C=O) groups excluding carboxylic acids is 3. The molecule has 0 saturated carbocycles. The van der Waals surface area contributed by atoms with E-state index in [1.165, 1.54) is 12.1 Å². The summed E-state index contributed by atoms with van der Waals surface area (Å²) in [4.78, 5) is 36.8. The smallest absolute Gasteiger partial charge is 0.412 e. The Kier molecular flexibility index (Phi) is 8.67. The molecule has 0 aliphatic rings. The topological polar surface area (TPSA) is 117 Å². The van der Waals surface area contributed by atoms with E-state index in [4.69, 9.17) is 9.47 Å². The summed E-state index contributed by atoms with van der Waals surface area (Å²) in [7, 11) is 0. The number of anilines is 1. The largest absolute Gasteiger partial charge is 0.550 e. The van der Waals surface area contributed by atoms with Gasteiger partial charge in [-0.2, -0.15) is 0 Å². The van der Waals surface area contributed by atoms with Crippen molar-refractivity contribution in [2.45, 2.75) is 45.4 Å². The zero-order valence-electron chi connectivity index (χ0n) is 20.4. The second-order valence-electron chi connectivity index (χ2n) is 9.16. The van der Waals surface area contributed by atoms with Gasteiger partial charge in [-0.25, -0.2) is 4.79 Å². The standard InChI is InChI=1S/C28H30N2O6/c1-28(2,3)36-27(34)29-22-14-21(15-23(16-22)35-18-19-10-6-4-7-11-19)26(33)30-24(17-25(31)32)20-12-8-5-9-13-20/h4-16,24H,17-18H2,1-3H3,(H,29,34)(H,30,33)(H,31,32)/p-1. The Balaban J connectivity index is 1.86. The Morgan fingerprint density at radius 2 is 1.56 bits per heavy atom. The van der Waals surface area contributed by atoms with Gasteiger partial charge in [-0.15, -0.1) is 0 Å². The number of ether oxygens (including phenoxy) is 2. The molecule has 3 aromatic carbocycles. The van der Waals surface area contributed by atoms with E-state index >= 15 is 0 Å². The lowest BCUT2D eigenvalue weighted by Gasteiger charge is -2.21. The van der Waals surface area contributed by atoms with E-state index in [0.29, 0.717) is 11.3 Å². The molecule has 188 valence electrons. The van der Waals surface area contributed by atoms with Crippen molar-refractivity contribution in [2.75, 3.05) is 5.32 Å². The van der Waals surface area contributed by atoms with E-state index in [9.17, 15) is 19.5 Å². The zero-order valence-corrected chi connectivity index (χ0v) is 20.4. The van der Waals surface area contributed by atoms with Crippen molar-refractivity contribution in [3.05, 3.63) is 95.6 Å². The maximum absolute atomic E-state index is 13.2. The average Bonchev–Trinajstić information content (AvgIpc) is 2.82. The summed E-state index contributed by atoms with van der Waals surface area (Å²) in [5, 5.41) is 16.7. The molecule has 0 aliphatic carbocycles. The van der Waals surface area contributed by atoms with Crippen LogP contribution in [0.5, 0.6) is 5.75 Å². The molecule has 2 amide bonds. The molecule has 0 heterocycles. The second kappa shape index (κ2) is 11.9. The first-order chi connectivity index (χ1) is 17.1. The first-order valence-electron chi connectivity index (χ1n) is 11.5. The molecule has 36 heavy (non-hydrogen) atoms. The Morgan fingerprint density at radius 3 is 2.17 bits per heavy atom. The van der Waals surface area contributed by atoms with E-state index in [2.05, 4.69) is 10.6 Å². The molecule has 1 unspecified atom stereocenters. The molecule has 8 heteroatoms. The van der Waals surface area contributed by atoms with Crippen LogP contribution < -0.4 is 20.5 Å². The van der Waals surface area contributed by atoms with Gasteiger partial charge in [0.05, 0.1) is 6.04 Å². The Morgan fingerprint density at radius 1 is 0.917 bits per heavy atom. The molecule has 0 aromatic heterocycles. The highest BCUT2D eigenvalue weighted by Crippen LogP contribution is 2.25. The summed E-state index contributed by atoms with van der Waals surface area (Å²) in [5.41, 5.74) is 1.30. The van der Waals surface area contributed by atoms with Gasteiger partial charge in [-0.05, 0) is 44.0 Å². The first kappa shape index (κ1) is 26.3. The third-order valence-electron chi connectivity index (χ3n) is 4.94. The van der Waals surface area contributed by atoms with E-state index in [1.807, 2.05) is 30.3 Å². The molecule has 0 fully saturated rings. The van der Waals surface area contributed by atoms with Crippen LogP contribution in [0.15, 0.2) is 78.9 Å². The minimum Gasteiger partial charge on any atom is -0.550 e. The molecule has 0 spiro atoms. The fraction of sp³-hybridized carbons (Fsp3) is 0.250. The van der Waals surface area contributed by atoms with E-state index < -0.39 is 36.0 Å². The predicted molar refractivity (Wildman–Crippen MR) is 133 cm³/mol. The minimum atomic E-state index is -1.30. The quantitative estimate of drug-likeness (QED) is 0.465. The molecule has 3 rings (SSSR count). The maximum atomic E-state index is 13.2. The third kappa shape index (κ3) is 8.47. The lowest BCUT2D eigenvalue weighted by molar-refractivity contribution is -0.306. The number of hydrogen-bond donors (Lipinski definition) is 2. The number of rotatable bonds is 9. The van der Waals surface area contributed by atoms with Crippen LogP contribution in [0.1, 0.15) is 54.7 Å². The van der Waals surface area contributed by atoms with Crippen molar-refractivity contribution in [3.8, 4) is 5.75 Å². The van der Waals surface area contributed by atoms with Crippen LogP contribution in [0, 0.1) is 0 Å². The number of benzene rings is 3. The molecule has 8 nitrogen and oxygen atoms in total. The van der Waals surface area contributed by atoms with Crippen molar-refractivity contribution >= 4 is 23.7 Å². The average molecular weight is 490 g/mol. The summed E-state index contributed by atoms with van der Waals surface area (Å²) >= 11 is 0. The van der Waals surface area contributed by atoms with Crippen LogP contribution >= 0.6 is 0 Å². The Labute approximate surface area is 210 Å². The summed E-state index contributed by atoms with van der Waals surface area (Å²) in [6.45, 7) is 5.47. The monoisotopic (exact) mass is 489 g/mol. The van der Waals surface area contributed by atoms with Crippen LogP contribution in [0.3, 0.4) is 0 Å². The highest BCUT2D eigenvalue weighted by Gasteiger charge is 2.20. The van der Waals surface area contributed by atoms with Gasteiger partial charge in [-0.3, -0.25) is 10.1 Å². The zero-order chi connectivity index (χ0) is 26.1.